The minimum Gasteiger partial charge on any atom is -0.491 e. The topological polar surface area (TPSA) is 72.9 Å². The summed E-state index contributed by atoms with van der Waals surface area (Å²) in [5, 5.41) is 1.02. The summed E-state index contributed by atoms with van der Waals surface area (Å²) in [7, 11) is 0. The predicted molar refractivity (Wildman–Crippen MR) is 89.6 cm³/mol. The number of fused-ring (bicyclic) bond motifs is 1. The molecule has 0 saturated heterocycles. The average Bonchev–Trinajstić information content (AvgIpc) is 2.84. The molecule has 0 fully saturated rings. The fourth-order valence-electron chi connectivity index (χ4n) is 2.24. The third-order valence-corrected chi connectivity index (χ3v) is 4.23. The molecule has 6 nitrogen and oxygen atoms in total. The summed E-state index contributed by atoms with van der Waals surface area (Å²) in [6.45, 7) is -0.0535. The van der Waals surface area contributed by atoms with Gasteiger partial charge < -0.3 is 9.57 Å². The fraction of sp³-hybridized carbons (Fsp3) is 0.118. The zero-order chi connectivity index (χ0) is 18.0. The summed E-state index contributed by atoms with van der Waals surface area (Å²) in [6.07, 6.45) is -0.184. The van der Waals surface area contributed by atoms with Crippen LogP contribution in [0.3, 0.4) is 0 Å². The van der Waals surface area contributed by atoms with Gasteiger partial charge in [0, 0.05) is 0 Å². The van der Waals surface area contributed by atoms with Crippen molar-refractivity contribution in [1.29, 1.82) is 0 Å². The summed E-state index contributed by atoms with van der Waals surface area (Å²) < 4.78 is 5.36. The highest BCUT2D eigenvalue weighted by molar-refractivity contribution is 6.42. The van der Waals surface area contributed by atoms with Crippen LogP contribution in [0, 0.1) is 0 Å². The van der Waals surface area contributed by atoms with E-state index in [1.807, 2.05) is 0 Å². The van der Waals surface area contributed by atoms with Crippen LogP contribution in [0.1, 0.15) is 27.1 Å². The maximum Gasteiger partial charge on any atom is 0.336 e. The second-order valence-corrected chi connectivity index (χ2v) is 5.85. The molecule has 3 rings (SSSR count). The maximum atomic E-state index is 12.1. The van der Waals surface area contributed by atoms with Gasteiger partial charge in [-0.1, -0.05) is 46.5 Å². The number of amides is 2. The number of carbonyl (C=O) groups is 3. The van der Waals surface area contributed by atoms with Gasteiger partial charge in [-0.3, -0.25) is 9.59 Å². The normalized spacial score (nSPS) is 13.0. The SMILES string of the molecule is O=C(CCOc1cccc(Cl)c1Cl)ON1C(=O)c2ccccc2C1=O. The van der Waals surface area contributed by atoms with Gasteiger partial charge in [0.1, 0.15) is 10.8 Å². The molecule has 8 heteroatoms. The van der Waals surface area contributed by atoms with Crippen molar-refractivity contribution >= 4 is 41.0 Å². The van der Waals surface area contributed by atoms with E-state index in [-0.39, 0.29) is 29.2 Å². The van der Waals surface area contributed by atoms with Gasteiger partial charge in [0.15, 0.2) is 0 Å². The molecule has 0 radical (unpaired) electrons. The van der Waals surface area contributed by atoms with Crippen molar-refractivity contribution in [3.63, 3.8) is 0 Å². The molecular weight excluding hydrogens is 369 g/mol. The van der Waals surface area contributed by atoms with E-state index < -0.39 is 17.8 Å². The highest BCUT2D eigenvalue weighted by Crippen LogP contribution is 2.31. The standard InChI is InChI=1S/C17H11Cl2NO5/c18-12-6-3-7-13(15(12)19)24-9-8-14(21)25-20-16(22)10-4-1-2-5-11(10)17(20)23/h1-7H,8-9H2. The Labute approximate surface area is 152 Å². The molecule has 1 heterocycles. The van der Waals surface area contributed by atoms with Gasteiger partial charge in [0.25, 0.3) is 11.8 Å². The van der Waals surface area contributed by atoms with E-state index in [0.717, 1.165) is 0 Å². The van der Waals surface area contributed by atoms with E-state index in [1.54, 1.807) is 30.3 Å². The number of hydrogen-bond donors (Lipinski definition) is 0. The first-order valence-corrected chi connectivity index (χ1v) is 8.00. The van der Waals surface area contributed by atoms with Gasteiger partial charge in [-0.05, 0) is 24.3 Å². The van der Waals surface area contributed by atoms with Crippen molar-refractivity contribution in [2.75, 3.05) is 6.61 Å². The van der Waals surface area contributed by atoms with Gasteiger partial charge in [-0.15, -0.1) is 0 Å². The molecule has 0 aromatic heterocycles. The van der Waals surface area contributed by atoms with Gasteiger partial charge in [0.05, 0.1) is 29.2 Å². The van der Waals surface area contributed by atoms with Crippen molar-refractivity contribution in [2.45, 2.75) is 6.42 Å². The Balaban J connectivity index is 1.56. The zero-order valence-corrected chi connectivity index (χ0v) is 14.2. The van der Waals surface area contributed by atoms with Crippen LogP contribution in [0.5, 0.6) is 5.75 Å². The molecule has 2 aromatic carbocycles. The number of benzene rings is 2. The molecule has 0 atom stereocenters. The lowest BCUT2D eigenvalue weighted by atomic mass is 10.1. The van der Waals surface area contributed by atoms with Gasteiger partial charge in [-0.25, -0.2) is 4.79 Å². The highest BCUT2D eigenvalue weighted by atomic mass is 35.5. The average molecular weight is 380 g/mol. The zero-order valence-electron chi connectivity index (χ0n) is 12.7. The van der Waals surface area contributed by atoms with E-state index >= 15 is 0 Å². The second kappa shape index (κ2) is 7.13. The van der Waals surface area contributed by atoms with Gasteiger partial charge in [0.2, 0.25) is 0 Å². The summed E-state index contributed by atoms with van der Waals surface area (Å²) in [5.41, 5.74) is 0.393. The Morgan fingerprint density at radius 3 is 2.24 bits per heavy atom. The molecule has 0 N–H and O–H groups in total. The molecule has 0 spiro atoms. The Bertz CT molecular complexity index is 833. The lowest BCUT2D eigenvalue weighted by molar-refractivity contribution is -0.169. The highest BCUT2D eigenvalue weighted by Gasteiger charge is 2.38. The van der Waals surface area contributed by atoms with Crippen LogP contribution in [0.2, 0.25) is 10.0 Å². The second-order valence-electron chi connectivity index (χ2n) is 5.06. The third-order valence-electron chi connectivity index (χ3n) is 3.43. The minimum absolute atomic E-state index is 0.0535. The number of halogens is 2. The van der Waals surface area contributed by atoms with Crippen molar-refractivity contribution in [2.24, 2.45) is 0 Å². The Morgan fingerprint density at radius 2 is 1.60 bits per heavy atom. The smallest absolute Gasteiger partial charge is 0.336 e. The number of imide groups is 1. The predicted octanol–water partition coefficient (Wildman–Crippen LogP) is 3.52. The quantitative estimate of drug-likeness (QED) is 0.743. The summed E-state index contributed by atoms with van der Waals surface area (Å²) in [6, 6.07) is 11.1. The molecule has 128 valence electrons. The van der Waals surface area contributed by atoms with E-state index in [1.165, 1.54) is 12.1 Å². The molecule has 0 bridgehead atoms. The van der Waals surface area contributed by atoms with E-state index in [2.05, 4.69) is 0 Å². The van der Waals surface area contributed by atoms with Crippen molar-refractivity contribution in [1.82, 2.24) is 5.06 Å². The molecule has 0 unspecified atom stereocenters. The lowest BCUT2D eigenvalue weighted by Crippen LogP contribution is -2.33. The first-order valence-electron chi connectivity index (χ1n) is 7.24. The molecule has 25 heavy (non-hydrogen) atoms. The van der Waals surface area contributed by atoms with Crippen LogP contribution in [-0.2, 0) is 9.63 Å². The summed E-state index contributed by atoms with van der Waals surface area (Å²) in [4.78, 5) is 40.9. The number of nitrogens with zero attached hydrogens (tertiary/aromatic N) is 1. The van der Waals surface area contributed by atoms with Crippen LogP contribution in [0.25, 0.3) is 0 Å². The monoisotopic (exact) mass is 379 g/mol. The van der Waals surface area contributed by atoms with Gasteiger partial charge >= 0.3 is 5.97 Å². The van der Waals surface area contributed by atoms with E-state index in [9.17, 15) is 14.4 Å². The molecule has 2 amide bonds. The third kappa shape index (κ3) is 3.45. The summed E-state index contributed by atoms with van der Waals surface area (Å²) in [5.74, 6) is -1.81. The molecule has 1 aliphatic rings. The van der Waals surface area contributed by atoms with Crippen molar-refractivity contribution in [3.05, 3.63) is 63.6 Å². The molecule has 2 aromatic rings. The molecule has 0 saturated carbocycles. The number of rotatable bonds is 5. The van der Waals surface area contributed by atoms with E-state index in [4.69, 9.17) is 32.8 Å². The van der Waals surface area contributed by atoms with Crippen LogP contribution < -0.4 is 4.74 Å². The lowest BCUT2D eigenvalue weighted by Gasteiger charge is -2.13. The van der Waals surface area contributed by atoms with Gasteiger partial charge in [-0.2, -0.15) is 0 Å². The minimum atomic E-state index is -0.785. The van der Waals surface area contributed by atoms with Crippen LogP contribution in [0.4, 0.5) is 0 Å². The first kappa shape index (κ1) is 17.3. The van der Waals surface area contributed by atoms with E-state index in [0.29, 0.717) is 15.8 Å². The molecule has 1 aliphatic heterocycles. The number of hydrogen-bond acceptors (Lipinski definition) is 5. The Kier molecular flexibility index (Phi) is 4.92. The Hall–Kier alpha value is -2.57. The van der Waals surface area contributed by atoms with Crippen molar-refractivity contribution in [3.8, 4) is 5.75 Å². The van der Waals surface area contributed by atoms with Crippen molar-refractivity contribution < 1.29 is 24.0 Å². The Morgan fingerprint density at radius 1 is 0.960 bits per heavy atom. The number of ether oxygens (including phenoxy) is 1. The molecule has 0 aliphatic carbocycles. The summed E-state index contributed by atoms with van der Waals surface area (Å²) >= 11 is 11.8. The largest absolute Gasteiger partial charge is 0.491 e. The molecular formula is C17H11Cl2NO5. The van der Waals surface area contributed by atoms with Crippen LogP contribution >= 0.6 is 23.2 Å². The van der Waals surface area contributed by atoms with Crippen LogP contribution in [-0.4, -0.2) is 29.5 Å². The van der Waals surface area contributed by atoms with Crippen LogP contribution in [0.15, 0.2) is 42.5 Å². The number of hydroxylamine groups is 2. The number of carbonyl (C=O) groups excluding carboxylic acids is 3. The fourth-order valence-corrected chi connectivity index (χ4v) is 2.58. The maximum absolute atomic E-state index is 12.1. The first-order chi connectivity index (χ1) is 12.0.